The van der Waals surface area contributed by atoms with Crippen LogP contribution < -0.4 is 25.4 Å². The fourth-order valence-corrected chi connectivity index (χ4v) is 11.2. The standard InChI is InChI=1S/C42H27O2PS/c46-45-38-24-22-32(28-13-5-1-6-14-28)25-37(38)44-41-35(31-19-11-4-12-20-31)27-34(30-17-9-3-10-18-30)40(42(41)45)43-36-23-21-33(26-39(36)45)29-15-7-2-8-16-29/h1-27H. The quantitative estimate of drug-likeness (QED) is 0.181. The van der Waals surface area contributed by atoms with Gasteiger partial charge in [-0.25, -0.2) is 0 Å². The van der Waals surface area contributed by atoms with Gasteiger partial charge >= 0.3 is 0 Å². The zero-order chi connectivity index (χ0) is 30.7. The summed E-state index contributed by atoms with van der Waals surface area (Å²) in [6.07, 6.45) is 0. The lowest BCUT2D eigenvalue weighted by Crippen LogP contribution is -2.35. The maximum Gasteiger partial charge on any atom is 0.148 e. The highest BCUT2D eigenvalue weighted by atomic mass is 32.4. The summed E-state index contributed by atoms with van der Waals surface area (Å²) < 4.78 is 14.0. The van der Waals surface area contributed by atoms with Gasteiger partial charge in [-0.1, -0.05) is 145 Å². The van der Waals surface area contributed by atoms with Gasteiger partial charge in [0.2, 0.25) is 0 Å². The average molecular weight is 627 g/mol. The van der Waals surface area contributed by atoms with Crippen LogP contribution in [0.3, 0.4) is 0 Å². The van der Waals surface area contributed by atoms with E-state index in [1.807, 2.05) is 24.3 Å². The van der Waals surface area contributed by atoms with E-state index in [0.717, 1.165) is 83.4 Å². The normalized spacial score (nSPS) is 15.5. The maximum atomic E-state index is 7.10. The first-order chi connectivity index (χ1) is 22.7. The molecule has 7 aromatic carbocycles. The van der Waals surface area contributed by atoms with Gasteiger partial charge in [0.25, 0.3) is 0 Å². The summed E-state index contributed by atoms with van der Waals surface area (Å²) in [6.45, 7) is 0. The molecule has 218 valence electrons. The molecule has 2 aliphatic rings. The van der Waals surface area contributed by atoms with Gasteiger partial charge in [0.15, 0.2) is 0 Å². The molecule has 2 heterocycles. The highest BCUT2D eigenvalue weighted by Gasteiger charge is 2.45. The Hall–Kier alpha value is -5.21. The number of hydrogen-bond acceptors (Lipinski definition) is 3. The Morgan fingerprint density at radius 1 is 0.370 bits per heavy atom. The lowest BCUT2D eigenvalue weighted by atomic mass is 9.96. The second-order valence-electron chi connectivity index (χ2n) is 11.6. The van der Waals surface area contributed by atoms with E-state index >= 15 is 0 Å². The van der Waals surface area contributed by atoms with E-state index in [1.165, 1.54) is 0 Å². The minimum atomic E-state index is -2.69. The van der Waals surface area contributed by atoms with Crippen LogP contribution in [0.4, 0.5) is 0 Å². The Balaban J connectivity index is 1.38. The average Bonchev–Trinajstić information content (AvgIpc) is 3.13. The van der Waals surface area contributed by atoms with E-state index in [2.05, 4.69) is 140 Å². The Morgan fingerprint density at radius 2 is 0.826 bits per heavy atom. The van der Waals surface area contributed by atoms with E-state index in [-0.39, 0.29) is 0 Å². The fraction of sp³-hybridized carbons (Fsp3) is 0. The van der Waals surface area contributed by atoms with Gasteiger partial charge in [0, 0.05) is 21.7 Å². The zero-order valence-electron chi connectivity index (χ0n) is 24.8. The van der Waals surface area contributed by atoms with Crippen LogP contribution in [0.1, 0.15) is 0 Å². The molecule has 0 aliphatic carbocycles. The molecule has 0 spiro atoms. The smallest absolute Gasteiger partial charge is 0.148 e. The van der Waals surface area contributed by atoms with Crippen LogP contribution in [0.15, 0.2) is 164 Å². The van der Waals surface area contributed by atoms with Crippen molar-refractivity contribution < 1.29 is 9.47 Å². The molecule has 0 amide bonds. The predicted octanol–water partition coefficient (Wildman–Crippen LogP) is 10.3. The van der Waals surface area contributed by atoms with Crippen molar-refractivity contribution in [1.82, 2.24) is 0 Å². The molecule has 0 saturated heterocycles. The third-order valence-electron chi connectivity index (χ3n) is 8.93. The van der Waals surface area contributed by atoms with Crippen molar-refractivity contribution in [2.24, 2.45) is 0 Å². The third-order valence-corrected chi connectivity index (χ3v) is 13.8. The van der Waals surface area contributed by atoms with Gasteiger partial charge in [0.1, 0.15) is 23.0 Å². The van der Waals surface area contributed by atoms with Crippen LogP contribution in [0.5, 0.6) is 23.0 Å². The Labute approximate surface area is 273 Å². The molecule has 1 unspecified atom stereocenters. The summed E-state index contributed by atoms with van der Waals surface area (Å²) >= 11 is 7.10. The van der Waals surface area contributed by atoms with Crippen LogP contribution in [0.25, 0.3) is 44.5 Å². The number of ether oxygens (including phenoxy) is 2. The second-order valence-corrected chi connectivity index (χ2v) is 15.9. The number of rotatable bonds is 4. The van der Waals surface area contributed by atoms with Gasteiger partial charge in [0.05, 0.1) is 11.3 Å². The summed E-state index contributed by atoms with van der Waals surface area (Å²) in [4.78, 5) is 0. The van der Waals surface area contributed by atoms with Crippen LogP contribution in [0, 0.1) is 0 Å². The number of benzene rings is 7. The first-order valence-corrected chi connectivity index (χ1v) is 18.2. The fourth-order valence-electron chi connectivity index (χ4n) is 6.71. The predicted molar refractivity (Wildman–Crippen MR) is 194 cm³/mol. The van der Waals surface area contributed by atoms with E-state index in [9.17, 15) is 0 Å². The minimum Gasteiger partial charge on any atom is -0.455 e. The van der Waals surface area contributed by atoms with Crippen molar-refractivity contribution in [3.8, 4) is 67.5 Å². The summed E-state index contributed by atoms with van der Waals surface area (Å²) in [6, 6.07) is 54.4. The summed E-state index contributed by atoms with van der Waals surface area (Å²) in [5.41, 5.74) is 8.67. The van der Waals surface area contributed by atoms with Crippen molar-refractivity contribution in [2.75, 3.05) is 0 Å². The van der Waals surface area contributed by atoms with Crippen molar-refractivity contribution in [2.45, 2.75) is 0 Å². The van der Waals surface area contributed by atoms with Gasteiger partial charge < -0.3 is 9.47 Å². The van der Waals surface area contributed by atoms with Crippen molar-refractivity contribution in [1.29, 1.82) is 0 Å². The van der Waals surface area contributed by atoms with Crippen molar-refractivity contribution in [3.05, 3.63) is 164 Å². The molecule has 4 heteroatoms. The SMILES string of the molecule is S=P12c3ccc(-c4ccccc4)cc3Oc3c(-c4ccccc4)cc(-c4ccccc4)c(c31)Oc1ccc(-c3ccccc3)cc12. The highest BCUT2D eigenvalue weighted by molar-refractivity contribution is 8.26. The maximum absolute atomic E-state index is 7.10. The van der Waals surface area contributed by atoms with E-state index in [4.69, 9.17) is 21.3 Å². The molecule has 0 aromatic heterocycles. The monoisotopic (exact) mass is 626 g/mol. The molecular weight excluding hydrogens is 600 g/mol. The van der Waals surface area contributed by atoms with Crippen molar-refractivity contribution >= 4 is 33.8 Å². The molecule has 0 bridgehead atoms. The summed E-state index contributed by atoms with van der Waals surface area (Å²) in [5, 5.41) is 3.09. The molecule has 0 fully saturated rings. The van der Waals surface area contributed by atoms with E-state index < -0.39 is 6.04 Å². The number of hydrogen-bond donors (Lipinski definition) is 0. The number of fused-ring (bicyclic) bond motifs is 4. The molecular formula is C42H27O2PS. The first kappa shape index (κ1) is 27.1. The molecule has 0 saturated carbocycles. The van der Waals surface area contributed by atoms with Gasteiger partial charge in [-0.15, -0.1) is 0 Å². The lowest BCUT2D eigenvalue weighted by molar-refractivity contribution is 0.469. The van der Waals surface area contributed by atoms with E-state index in [0.29, 0.717) is 0 Å². The molecule has 7 aromatic rings. The first-order valence-electron chi connectivity index (χ1n) is 15.4. The molecule has 2 aliphatic heterocycles. The molecule has 46 heavy (non-hydrogen) atoms. The van der Waals surface area contributed by atoms with Gasteiger partial charge in [-0.3, -0.25) is 0 Å². The Morgan fingerprint density at radius 3 is 1.37 bits per heavy atom. The third kappa shape index (κ3) is 4.20. The summed E-state index contributed by atoms with van der Waals surface area (Å²) in [7, 11) is 0. The zero-order valence-corrected chi connectivity index (χ0v) is 26.5. The second kappa shape index (κ2) is 10.7. The van der Waals surface area contributed by atoms with Gasteiger partial charge in [-0.2, -0.15) is 0 Å². The Kier molecular flexibility index (Phi) is 6.31. The van der Waals surface area contributed by atoms with E-state index in [1.54, 1.807) is 0 Å². The molecule has 0 N–H and O–H groups in total. The lowest BCUT2D eigenvalue weighted by Gasteiger charge is -2.39. The molecule has 1 atom stereocenters. The van der Waals surface area contributed by atoms with Gasteiger partial charge in [-0.05, 0) is 63.7 Å². The van der Waals surface area contributed by atoms with Crippen LogP contribution >= 0.6 is 6.04 Å². The highest BCUT2D eigenvalue weighted by Crippen LogP contribution is 2.62. The van der Waals surface area contributed by atoms with Crippen LogP contribution in [0.2, 0.25) is 0 Å². The largest absolute Gasteiger partial charge is 0.455 e. The molecule has 9 rings (SSSR count). The van der Waals surface area contributed by atoms with Crippen LogP contribution in [-0.2, 0) is 11.8 Å². The topological polar surface area (TPSA) is 18.5 Å². The minimum absolute atomic E-state index is 0.790. The Bertz CT molecular complexity index is 2320. The van der Waals surface area contributed by atoms with Crippen LogP contribution in [-0.4, -0.2) is 0 Å². The summed E-state index contributed by atoms with van der Waals surface area (Å²) in [5.74, 6) is 3.21. The molecule has 2 nitrogen and oxygen atoms in total. The van der Waals surface area contributed by atoms with Crippen molar-refractivity contribution in [3.63, 3.8) is 0 Å². The molecule has 0 radical (unpaired) electrons.